The number of aliphatic hydroxyl groups excluding tert-OH is 1. The number of allylic oxidation sites excluding steroid dienone is 2. The van der Waals surface area contributed by atoms with Crippen LogP contribution in [0.25, 0.3) is 0 Å². The molecule has 4 nitrogen and oxygen atoms in total. The van der Waals surface area contributed by atoms with Crippen LogP contribution >= 0.6 is 0 Å². The lowest BCUT2D eigenvalue weighted by Crippen LogP contribution is -2.60. The fourth-order valence-electron chi connectivity index (χ4n) is 6.32. The maximum absolute atomic E-state index is 12.6. The number of esters is 1. The third-order valence-corrected chi connectivity index (χ3v) is 7.50. The van der Waals surface area contributed by atoms with Crippen molar-refractivity contribution >= 4 is 11.8 Å². The van der Waals surface area contributed by atoms with Crippen LogP contribution in [0.4, 0.5) is 0 Å². The molecule has 0 aliphatic heterocycles. The van der Waals surface area contributed by atoms with Gasteiger partial charge < -0.3 is 9.84 Å². The molecule has 2 saturated carbocycles. The number of rotatable bonds is 2. The fourth-order valence-corrected chi connectivity index (χ4v) is 6.32. The van der Waals surface area contributed by atoms with E-state index in [0.29, 0.717) is 29.7 Å². The summed E-state index contributed by atoms with van der Waals surface area (Å²) in [6, 6.07) is 0. The first-order valence-electron chi connectivity index (χ1n) is 9.30. The molecule has 0 bridgehead atoms. The van der Waals surface area contributed by atoms with Gasteiger partial charge in [0, 0.05) is 23.3 Å². The minimum atomic E-state index is -0.873. The number of carbonyl (C=O) groups excluding carboxylic acids is 2. The number of fused-ring (bicyclic) bond motifs is 3. The average Bonchev–Trinajstić information content (AvgIpc) is 2.58. The lowest BCUT2D eigenvalue weighted by Gasteiger charge is -2.61. The van der Waals surface area contributed by atoms with Gasteiger partial charge in [-0.05, 0) is 42.4 Å². The van der Waals surface area contributed by atoms with Gasteiger partial charge in [0.05, 0.1) is 7.11 Å². The van der Waals surface area contributed by atoms with Crippen LogP contribution in [0, 0.1) is 34.5 Å². The van der Waals surface area contributed by atoms with Gasteiger partial charge in [-0.2, -0.15) is 0 Å². The van der Waals surface area contributed by atoms with Gasteiger partial charge in [-0.25, -0.2) is 4.79 Å². The van der Waals surface area contributed by atoms with Crippen LogP contribution in [-0.4, -0.2) is 30.1 Å². The largest absolute Gasteiger partial charge is 0.466 e. The average molecular weight is 346 g/mol. The van der Waals surface area contributed by atoms with Gasteiger partial charge in [-0.1, -0.05) is 32.9 Å². The summed E-state index contributed by atoms with van der Waals surface area (Å²) in [7, 11) is 1.41. The lowest BCUT2D eigenvalue weighted by atomic mass is 9.43. The highest BCUT2D eigenvalue weighted by atomic mass is 16.5. The molecule has 0 aromatic heterocycles. The number of hydrogen-bond donors (Lipinski definition) is 1. The molecule has 0 spiro atoms. The van der Waals surface area contributed by atoms with Crippen molar-refractivity contribution in [1.82, 2.24) is 0 Å². The van der Waals surface area contributed by atoms with Gasteiger partial charge in [-0.15, -0.1) is 6.58 Å². The molecule has 6 atom stereocenters. The van der Waals surface area contributed by atoms with E-state index in [1.165, 1.54) is 7.11 Å². The molecule has 3 rings (SSSR count). The Morgan fingerprint density at radius 2 is 2.04 bits per heavy atom. The molecule has 0 aromatic carbocycles. The van der Waals surface area contributed by atoms with Gasteiger partial charge in [-0.3, -0.25) is 4.79 Å². The molecule has 0 amide bonds. The molecular weight excluding hydrogens is 316 g/mol. The minimum Gasteiger partial charge on any atom is -0.466 e. The van der Waals surface area contributed by atoms with Crippen molar-refractivity contribution in [2.75, 3.05) is 7.11 Å². The van der Waals surface area contributed by atoms with Crippen molar-refractivity contribution in [3.63, 3.8) is 0 Å². The number of aliphatic hydroxyl groups is 1. The zero-order valence-electron chi connectivity index (χ0n) is 15.7. The molecule has 0 heterocycles. The third-order valence-electron chi connectivity index (χ3n) is 7.50. The van der Waals surface area contributed by atoms with Crippen molar-refractivity contribution in [3.05, 3.63) is 24.3 Å². The van der Waals surface area contributed by atoms with E-state index in [-0.39, 0.29) is 23.1 Å². The number of ketones is 1. The van der Waals surface area contributed by atoms with Gasteiger partial charge in [0.2, 0.25) is 0 Å². The summed E-state index contributed by atoms with van der Waals surface area (Å²) in [5.74, 6) is 0.588. The first-order valence-corrected chi connectivity index (χ1v) is 9.30. The van der Waals surface area contributed by atoms with E-state index in [1.807, 2.05) is 26.0 Å². The number of methoxy groups -OCH3 is 1. The second kappa shape index (κ2) is 6.08. The third kappa shape index (κ3) is 2.52. The van der Waals surface area contributed by atoms with E-state index < -0.39 is 11.5 Å². The van der Waals surface area contributed by atoms with Crippen LogP contribution in [0.5, 0.6) is 0 Å². The van der Waals surface area contributed by atoms with E-state index in [9.17, 15) is 14.7 Å². The van der Waals surface area contributed by atoms with Gasteiger partial charge in [0.1, 0.15) is 6.10 Å². The van der Waals surface area contributed by atoms with Crippen molar-refractivity contribution in [2.24, 2.45) is 34.5 Å². The molecule has 3 aliphatic carbocycles. The summed E-state index contributed by atoms with van der Waals surface area (Å²) in [6.07, 6.45) is 6.15. The Labute approximate surface area is 150 Å². The Bertz CT molecular complexity index is 632. The van der Waals surface area contributed by atoms with Gasteiger partial charge >= 0.3 is 5.97 Å². The minimum absolute atomic E-state index is 0.0194. The highest BCUT2D eigenvalue weighted by Gasteiger charge is 2.61. The normalized spacial score (nSPS) is 42.7. The van der Waals surface area contributed by atoms with Crippen molar-refractivity contribution in [3.8, 4) is 0 Å². The van der Waals surface area contributed by atoms with Crippen molar-refractivity contribution in [1.29, 1.82) is 0 Å². The van der Waals surface area contributed by atoms with Crippen LogP contribution in [0.3, 0.4) is 0 Å². The summed E-state index contributed by atoms with van der Waals surface area (Å²) in [5, 5.41) is 10.5. The number of carbonyl (C=O) groups is 2. The second-order valence-electron chi connectivity index (χ2n) is 8.92. The molecule has 0 aromatic rings. The maximum Gasteiger partial charge on any atom is 0.334 e. The van der Waals surface area contributed by atoms with Crippen LogP contribution in [0.1, 0.15) is 46.5 Å². The number of hydrogen-bond acceptors (Lipinski definition) is 4. The van der Waals surface area contributed by atoms with Crippen LogP contribution in [-0.2, 0) is 14.3 Å². The molecule has 0 radical (unpaired) electrons. The molecule has 1 N–H and O–H groups in total. The topological polar surface area (TPSA) is 63.6 Å². The molecule has 138 valence electrons. The quantitative estimate of drug-likeness (QED) is 0.615. The highest BCUT2D eigenvalue weighted by molar-refractivity contribution is 5.89. The van der Waals surface area contributed by atoms with E-state index in [1.54, 1.807) is 0 Å². The Balaban J connectivity index is 2.01. The number of Topliss-reactive ketones (excluding diaryl/α,β-unsaturated/α-hetero) is 1. The smallest absolute Gasteiger partial charge is 0.334 e. The van der Waals surface area contributed by atoms with Gasteiger partial charge in [0.15, 0.2) is 5.78 Å². The van der Waals surface area contributed by atoms with Crippen LogP contribution < -0.4 is 0 Å². The monoisotopic (exact) mass is 346 g/mol. The standard InChI is InChI=1S/C21H30O4/c1-6-12-13-8-10-17-20(2,3)18(23)16(22)11-21(17,4)15(13)9-7-14(12)19(24)25-5/h6-7,12-13,15,17-18,23H,1,8-11H2,2-5H3. The summed E-state index contributed by atoms with van der Waals surface area (Å²) < 4.78 is 4.96. The summed E-state index contributed by atoms with van der Waals surface area (Å²) in [5.41, 5.74) is 0.148. The van der Waals surface area contributed by atoms with Crippen LogP contribution in [0.2, 0.25) is 0 Å². The Kier molecular flexibility index (Phi) is 4.47. The lowest BCUT2D eigenvalue weighted by molar-refractivity contribution is -0.173. The predicted molar refractivity (Wildman–Crippen MR) is 95.6 cm³/mol. The second-order valence-corrected chi connectivity index (χ2v) is 8.92. The molecule has 0 saturated heterocycles. The van der Waals surface area contributed by atoms with E-state index in [4.69, 9.17) is 4.74 Å². The van der Waals surface area contributed by atoms with Crippen molar-refractivity contribution in [2.45, 2.75) is 52.6 Å². The molecule has 3 aliphatic rings. The summed E-state index contributed by atoms with van der Waals surface area (Å²) >= 11 is 0. The number of ether oxygens (including phenoxy) is 1. The molecular formula is C21H30O4. The predicted octanol–water partition coefficient (Wildman–Crippen LogP) is 3.30. The van der Waals surface area contributed by atoms with Crippen molar-refractivity contribution < 1.29 is 19.4 Å². The first-order chi connectivity index (χ1) is 11.7. The van der Waals surface area contributed by atoms with E-state index in [2.05, 4.69) is 13.5 Å². The van der Waals surface area contributed by atoms with E-state index in [0.717, 1.165) is 19.3 Å². The first kappa shape index (κ1) is 18.4. The Morgan fingerprint density at radius 3 is 2.64 bits per heavy atom. The van der Waals surface area contributed by atoms with Gasteiger partial charge in [0.25, 0.3) is 0 Å². The highest BCUT2D eigenvalue weighted by Crippen LogP contribution is 2.63. The SMILES string of the molecule is C=CC1C(C(=O)OC)=CCC2C1CCC1C(C)(C)C(O)C(=O)CC21C. The zero-order valence-corrected chi connectivity index (χ0v) is 15.7. The molecule has 4 heteroatoms. The maximum atomic E-state index is 12.6. The van der Waals surface area contributed by atoms with Crippen LogP contribution in [0.15, 0.2) is 24.3 Å². The molecule has 25 heavy (non-hydrogen) atoms. The Morgan fingerprint density at radius 1 is 1.36 bits per heavy atom. The summed E-state index contributed by atoms with van der Waals surface area (Å²) in [6.45, 7) is 10.2. The molecule has 2 fully saturated rings. The zero-order chi connectivity index (χ0) is 18.6. The van der Waals surface area contributed by atoms with E-state index >= 15 is 0 Å². The Hall–Kier alpha value is -1.42. The fraction of sp³-hybridized carbons (Fsp3) is 0.714. The molecule has 6 unspecified atom stereocenters. The summed E-state index contributed by atoms with van der Waals surface area (Å²) in [4.78, 5) is 24.7.